The van der Waals surface area contributed by atoms with Crippen molar-refractivity contribution in [2.24, 2.45) is 0 Å². The molecule has 0 bridgehead atoms. The number of nitrogens with zero attached hydrogens (tertiary/aromatic N) is 2. The molecule has 1 aliphatic carbocycles. The van der Waals surface area contributed by atoms with E-state index >= 15 is 0 Å². The highest BCUT2D eigenvalue weighted by Gasteiger charge is 2.35. The second-order valence-corrected chi connectivity index (χ2v) is 16.7. The van der Waals surface area contributed by atoms with Gasteiger partial charge >= 0.3 is 0 Å². The second-order valence-electron chi connectivity index (χ2n) is 16.7. The fourth-order valence-corrected chi connectivity index (χ4v) is 9.56. The van der Waals surface area contributed by atoms with Crippen molar-refractivity contribution >= 4 is 44.9 Å². The summed E-state index contributed by atoms with van der Waals surface area (Å²) in [7, 11) is 0. The number of benzene rings is 9. The smallest absolute Gasteiger partial charge is 0.0541 e. The van der Waals surface area contributed by atoms with Crippen LogP contribution in [0.25, 0.3) is 78.1 Å². The van der Waals surface area contributed by atoms with Gasteiger partial charge in [0.05, 0.1) is 11.0 Å². The summed E-state index contributed by atoms with van der Waals surface area (Å²) in [6, 6.07) is 77.7. The maximum absolute atomic E-state index is 3.94. The van der Waals surface area contributed by atoms with E-state index < -0.39 is 0 Å². The third-order valence-electron chi connectivity index (χ3n) is 12.8. The van der Waals surface area contributed by atoms with Gasteiger partial charge in [-0.05, 0) is 134 Å². The summed E-state index contributed by atoms with van der Waals surface area (Å²) in [4.78, 5) is 2.40. The molecule has 1 aromatic heterocycles. The Morgan fingerprint density at radius 3 is 1.46 bits per heavy atom. The number of rotatable bonds is 8. The summed E-state index contributed by atoms with van der Waals surface area (Å²) in [5, 5.41) is 2.46. The minimum Gasteiger partial charge on any atom is -0.310 e. The quantitative estimate of drug-likeness (QED) is 0.149. The largest absolute Gasteiger partial charge is 0.310 e. The number of para-hydroxylation sites is 1. The van der Waals surface area contributed by atoms with Crippen LogP contribution in [-0.2, 0) is 5.41 Å². The molecular weight excluding hydrogens is 737 g/mol. The molecule has 0 N–H and O–H groups in total. The average Bonchev–Trinajstić information content (AvgIpc) is 3.77. The number of hydrogen-bond donors (Lipinski definition) is 0. The lowest BCUT2D eigenvalue weighted by molar-refractivity contribution is 0.660. The molecule has 2 nitrogen and oxygen atoms in total. The number of aromatic nitrogens is 1. The lowest BCUT2D eigenvalue weighted by Gasteiger charge is -2.28. The van der Waals surface area contributed by atoms with Crippen LogP contribution in [0, 0.1) is 0 Å². The Morgan fingerprint density at radius 1 is 0.410 bits per heavy atom. The van der Waals surface area contributed by atoms with E-state index in [4.69, 9.17) is 0 Å². The summed E-state index contributed by atoms with van der Waals surface area (Å²) in [6.45, 7) is 8.65. The predicted molar refractivity (Wildman–Crippen MR) is 259 cm³/mol. The topological polar surface area (TPSA) is 8.17 Å². The minimum absolute atomic E-state index is 0.103. The highest BCUT2D eigenvalue weighted by Crippen LogP contribution is 2.51. The van der Waals surface area contributed by atoms with Gasteiger partial charge in [-0.25, -0.2) is 0 Å². The van der Waals surface area contributed by atoms with Crippen LogP contribution in [-0.4, -0.2) is 4.57 Å². The van der Waals surface area contributed by atoms with Crippen LogP contribution in [0.4, 0.5) is 17.1 Å². The van der Waals surface area contributed by atoms with E-state index in [1.807, 2.05) is 6.08 Å². The van der Waals surface area contributed by atoms with Crippen molar-refractivity contribution in [3.8, 4) is 50.2 Å². The van der Waals surface area contributed by atoms with Gasteiger partial charge in [0.25, 0.3) is 0 Å². The normalized spacial score (nSPS) is 12.6. The molecule has 0 aliphatic heterocycles. The van der Waals surface area contributed by atoms with Crippen LogP contribution >= 0.6 is 0 Å². The van der Waals surface area contributed by atoms with Gasteiger partial charge in [0.15, 0.2) is 0 Å². The Balaban J connectivity index is 1.01. The first-order valence-corrected chi connectivity index (χ1v) is 21.1. The number of hydrogen-bond acceptors (Lipinski definition) is 1. The molecule has 0 spiro atoms. The van der Waals surface area contributed by atoms with Crippen molar-refractivity contribution in [2.75, 3.05) is 4.90 Å². The van der Waals surface area contributed by atoms with Gasteiger partial charge < -0.3 is 9.47 Å². The second kappa shape index (κ2) is 14.5. The Morgan fingerprint density at radius 2 is 0.869 bits per heavy atom. The Kier molecular flexibility index (Phi) is 8.68. The maximum Gasteiger partial charge on any atom is 0.0541 e. The lowest BCUT2D eigenvalue weighted by Crippen LogP contribution is -2.16. The van der Waals surface area contributed by atoms with Crippen molar-refractivity contribution in [1.29, 1.82) is 0 Å². The molecule has 1 aliphatic rings. The van der Waals surface area contributed by atoms with Gasteiger partial charge in [-0.15, -0.1) is 0 Å². The first-order chi connectivity index (χ1) is 29.9. The lowest BCUT2D eigenvalue weighted by atomic mass is 9.82. The molecule has 0 fully saturated rings. The summed E-state index contributed by atoms with van der Waals surface area (Å²) < 4.78 is 2.39. The molecule has 0 radical (unpaired) electrons. The van der Waals surface area contributed by atoms with Crippen molar-refractivity contribution in [2.45, 2.75) is 19.3 Å². The van der Waals surface area contributed by atoms with E-state index in [1.165, 1.54) is 77.4 Å². The number of anilines is 3. The molecule has 0 unspecified atom stereocenters. The molecule has 0 saturated heterocycles. The molecular formula is C59H44N2. The van der Waals surface area contributed by atoms with E-state index in [2.05, 4.69) is 242 Å². The summed E-state index contributed by atoms with van der Waals surface area (Å²) in [6.07, 6.45) is 1.89. The SMILES string of the molecule is C=Cc1ccc(-c2ccc3c(c2)c2cc(-c4ccc(N(c5ccc(-c6ccccc6)cc5)c5ccc6c(c5)C(C)(C)c5ccccc5-6)cc4)ccc2n3-c2ccccc2)cc1. The van der Waals surface area contributed by atoms with Gasteiger partial charge in [0.1, 0.15) is 0 Å². The van der Waals surface area contributed by atoms with Crippen molar-refractivity contribution in [1.82, 2.24) is 4.57 Å². The van der Waals surface area contributed by atoms with Crippen molar-refractivity contribution < 1.29 is 0 Å². The summed E-state index contributed by atoms with van der Waals surface area (Å²) in [5.41, 5.74) is 20.5. The zero-order chi connectivity index (χ0) is 41.1. The van der Waals surface area contributed by atoms with Crippen LogP contribution in [0.3, 0.4) is 0 Å². The summed E-state index contributed by atoms with van der Waals surface area (Å²) >= 11 is 0. The third kappa shape index (κ3) is 6.19. The van der Waals surface area contributed by atoms with E-state index in [9.17, 15) is 0 Å². The highest BCUT2D eigenvalue weighted by molar-refractivity contribution is 6.11. The third-order valence-corrected chi connectivity index (χ3v) is 12.8. The fraction of sp³-hybridized carbons (Fsp3) is 0.0508. The molecule has 0 atom stereocenters. The van der Waals surface area contributed by atoms with Crippen LogP contribution in [0.2, 0.25) is 0 Å². The van der Waals surface area contributed by atoms with Crippen LogP contribution in [0.15, 0.2) is 219 Å². The van der Waals surface area contributed by atoms with E-state index in [1.54, 1.807) is 0 Å². The first-order valence-electron chi connectivity index (χ1n) is 21.1. The first kappa shape index (κ1) is 36.4. The van der Waals surface area contributed by atoms with Crippen molar-refractivity contribution in [3.05, 3.63) is 236 Å². The molecule has 11 rings (SSSR count). The van der Waals surface area contributed by atoms with Gasteiger partial charge in [0.2, 0.25) is 0 Å². The van der Waals surface area contributed by atoms with E-state index in [0.717, 1.165) is 28.3 Å². The average molecular weight is 781 g/mol. The van der Waals surface area contributed by atoms with Crippen LogP contribution < -0.4 is 4.90 Å². The zero-order valence-corrected chi connectivity index (χ0v) is 34.4. The Hall–Kier alpha value is -7.68. The van der Waals surface area contributed by atoms with Crippen molar-refractivity contribution in [3.63, 3.8) is 0 Å². The van der Waals surface area contributed by atoms with Gasteiger partial charge in [0, 0.05) is 38.9 Å². The maximum atomic E-state index is 3.94. The Bertz CT molecular complexity index is 3240. The zero-order valence-electron chi connectivity index (χ0n) is 34.4. The number of fused-ring (bicyclic) bond motifs is 6. The Labute approximate surface area is 358 Å². The van der Waals surface area contributed by atoms with Crippen LogP contribution in [0.5, 0.6) is 0 Å². The molecule has 1 heterocycles. The van der Waals surface area contributed by atoms with Gasteiger partial charge in [-0.3, -0.25) is 0 Å². The molecule has 2 heteroatoms. The highest BCUT2D eigenvalue weighted by atomic mass is 15.1. The molecule has 0 amide bonds. The molecule has 10 aromatic rings. The molecule has 9 aromatic carbocycles. The minimum atomic E-state index is -0.103. The van der Waals surface area contributed by atoms with E-state index in [-0.39, 0.29) is 5.41 Å². The standard InChI is InChI=1S/C59H44N2/c1-4-40-19-21-43(22-20-40)45-27-35-57-53(37-45)54-38-46(28-36-58(54)61(57)47-15-9-6-10-16-47)44-25-31-49(32-26-44)60(48-29-23-42(24-30-48)41-13-7-5-8-14-41)50-33-34-52-51-17-11-12-18-55(51)59(2,3)56(52)39-50/h4-39H,1H2,2-3H3. The fourth-order valence-electron chi connectivity index (χ4n) is 9.56. The monoisotopic (exact) mass is 780 g/mol. The molecule has 0 saturated carbocycles. The molecule has 61 heavy (non-hydrogen) atoms. The van der Waals surface area contributed by atoms with Crippen LogP contribution in [0.1, 0.15) is 30.5 Å². The van der Waals surface area contributed by atoms with E-state index in [0.29, 0.717) is 0 Å². The predicted octanol–water partition coefficient (Wildman–Crippen LogP) is 16.2. The summed E-state index contributed by atoms with van der Waals surface area (Å²) in [5.74, 6) is 0. The van der Waals surface area contributed by atoms with Gasteiger partial charge in [-0.1, -0.05) is 166 Å². The molecule has 290 valence electrons. The van der Waals surface area contributed by atoms with Gasteiger partial charge in [-0.2, -0.15) is 0 Å².